The van der Waals surface area contributed by atoms with Gasteiger partial charge in [0.05, 0.1) is 12.1 Å². The Bertz CT molecular complexity index is 816. The summed E-state index contributed by atoms with van der Waals surface area (Å²) in [5.74, 6) is 0.703. The summed E-state index contributed by atoms with van der Waals surface area (Å²) >= 11 is 1.56. The molecule has 2 aliphatic rings. The number of hydrogen-bond acceptors (Lipinski definition) is 7. The first-order chi connectivity index (χ1) is 14.3. The topological polar surface area (TPSA) is 121 Å². The maximum absolute atomic E-state index is 9.21. The van der Waals surface area contributed by atoms with Crippen molar-refractivity contribution in [1.29, 1.82) is 0 Å². The van der Waals surface area contributed by atoms with E-state index in [2.05, 4.69) is 20.0 Å². The Hall–Kier alpha value is -2.45. The van der Waals surface area contributed by atoms with E-state index in [1.807, 2.05) is 58.2 Å². The molecule has 0 fully saturated rings. The third-order valence-corrected chi connectivity index (χ3v) is 4.48. The summed E-state index contributed by atoms with van der Waals surface area (Å²) in [5.41, 5.74) is 2.35. The first-order valence-electron chi connectivity index (χ1n) is 9.51. The molecule has 1 radical (unpaired) electrons. The van der Waals surface area contributed by atoms with Crippen molar-refractivity contribution in [3.05, 3.63) is 53.6 Å². The number of aromatic hydroxyl groups is 2. The molecule has 0 aromatic heterocycles. The van der Waals surface area contributed by atoms with Gasteiger partial charge < -0.3 is 15.7 Å². The molecule has 2 atom stereocenters. The third kappa shape index (κ3) is 14.5. The molecule has 7 nitrogen and oxygen atoms in total. The summed E-state index contributed by atoms with van der Waals surface area (Å²) in [5, 5.41) is 18.0. The van der Waals surface area contributed by atoms with E-state index < -0.39 is 0 Å². The van der Waals surface area contributed by atoms with Crippen LogP contribution in [-0.4, -0.2) is 59.1 Å². The van der Waals surface area contributed by atoms with Gasteiger partial charge in [0.1, 0.15) is 24.2 Å². The van der Waals surface area contributed by atoms with E-state index in [4.69, 9.17) is 5.11 Å². The van der Waals surface area contributed by atoms with Crippen molar-refractivity contribution in [1.82, 2.24) is 0 Å². The fourth-order valence-electron chi connectivity index (χ4n) is 2.02. The molecule has 0 bridgehead atoms. The van der Waals surface area contributed by atoms with Crippen molar-refractivity contribution >= 4 is 36.9 Å². The molecule has 2 aromatic rings. The summed E-state index contributed by atoms with van der Waals surface area (Å²) in [6, 6.07) is 13.3. The Morgan fingerprint density at radius 1 is 0.781 bits per heavy atom. The molecule has 0 saturated heterocycles. The molecule has 2 aromatic carbocycles. The van der Waals surface area contributed by atoms with E-state index in [0.717, 1.165) is 4.90 Å². The van der Waals surface area contributed by atoms with Crippen molar-refractivity contribution in [3.8, 4) is 11.5 Å². The molecule has 179 valence electrons. The van der Waals surface area contributed by atoms with Crippen LogP contribution in [0.15, 0.2) is 67.3 Å². The van der Waals surface area contributed by atoms with Crippen molar-refractivity contribution in [2.24, 2.45) is 20.0 Å². The van der Waals surface area contributed by atoms with Gasteiger partial charge in [-0.05, 0) is 63.8 Å². The molecule has 2 heterocycles. The Kier molecular flexibility index (Phi) is 18.0. The molecule has 4 N–H and O–H groups in total. The first-order valence-corrected chi connectivity index (χ1v) is 10.7. The van der Waals surface area contributed by atoms with Crippen LogP contribution in [0.25, 0.3) is 0 Å². The van der Waals surface area contributed by atoms with Crippen LogP contribution in [-0.2, 0) is 17.1 Å². The number of aliphatic imine (C=N–C) groups is 4. The van der Waals surface area contributed by atoms with Crippen LogP contribution in [0.2, 0.25) is 0 Å². The van der Waals surface area contributed by atoms with Gasteiger partial charge in [0.2, 0.25) is 0 Å². The fraction of sp³-hybridized carbons (Fsp3) is 0.304. The van der Waals surface area contributed by atoms with E-state index >= 15 is 0 Å². The zero-order valence-electron chi connectivity index (χ0n) is 18.9. The van der Waals surface area contributed by atoms with Gasteiger partial charge in [-0.15, -0.1) is 11.8 Å². The molecule has 32 heavy (non-hydrogen) atoms. The van der Waals surface area contributed by atoms with Crippen LogP contribution >= 0.6 is 11.8 Å². The average molecular weight is 508 g/mol. The summed E-state index contributed by atoms with van der Waals surface area (Å²) in [4.78, 5) is 16.2. The number of phenols is 2. The number of thioether (sulfide) groups is 1. The molecule has 0 amide bonds. The fourth-order valence-corrected chi connectivity index (χ4v) is 2.60. The quantitative estimate of drug-likeness (QED) is 0.442. The number of phenolic OH excluding ortho intramolecular Hbond substituents is 2. The van der Waals surface area contributed by atoms with E-state index in [9.17, 15) is 5.11 Å². The van der Waals surface area contributed by atoms with Crippen molar-refractivity contribution in [3.63, 3.8) is 0 Å². The zero-order chi connectivity index (χ0) is 22.4. The SMILES string of the molecule is CC1C=NC=N1.CC1C=NC=N1.CSc1cc(C)ccc1O.Cc1ccc(O)cc1.O.[Cu]. The number of rotatable bonds is 1. The zero-order valence-corrected chi connectivity index (χ0v) is 20.7. The molecule has 9 heteroatoms. The van der Waals surface area contributed by atoms with Crippen LogP contribution in [0.3, 0.4) is 0 Å². The van der Waals surface area contributed by atoms with Gasteiger partial charge in [0.25, 0.3) is 0 Å². The summed E-state index contributed by atoms with van der Waals surface area (Å²) in [6.45, 7) is 7.98. The maximum atomic E-state index is 9.21. The number of aryl methyl sites for hydroxylation is 2. The first kappa shape index (κ1) is 31.7. The largest absolute Gasteiger partial charge is 0.508 e. The minimum atomic E-state index is 0. The van der Waals surface area contributed by atoms with Gasteiger partial charge >= 0.3 is 0 Å². The predicted octanol–water partition coefficient (Wildman–Crippen LogP) is 4.27. The standard InChI is InChI=1S/C8H10OS.C7H8O.2C4H6N2.Cu.H2O/c1-6-3-4-7(9)8(5-6)10-2;1-6-2-4-7(8)5-3-6;2*1-4-2-5-3-6-4;;/h3-5,9H,1-2H3;2-5,8H,1H3;2*2-4H,1H3;;1H2. The van der Waals surface area contributed by atoms with Gasteiger partial charge in [-0.3, -0.25) is 9.98 Å². The number of hydrogen-bond donors (Lipinski definition) is 2. The Labute approximate surface area is 205 Å². The average Bonchev–Trinajstić information content (AvgIpc) is 3.41. The Morgan fingerprint density at radius 3 is 1.53 bits per heavy atom. The molecule has 0 aliphatic carbocycles. The molecule has 2 aliphatic heterocycles. The van der Waals surface area contributed by atoms with Crippen molar-refractivity contribution < 1.29 is 32.8 Å². The molecular weight excluding hydrogens is 476 g/mol. The summed E-state index contributed by atoms with van der Waals surface area (Å²) < 4.78 is 0. The molecule has 4 rings (SSSR count). The van der Waals surface area contributed by atoms with Crippen LogP contribution in [0.5, 0.6) is 11.5 Å². The molecular formula is C23H32CuN4O3S. The van der Waals surface area contributed by atoms with Gasteiger partial charge in [-0.1, -0.05) is 23.8 Å². The minimum Gasteiger partial charge on any atom is -0.508 e. The van der Waals surface area contributed by atoms with E-state index in [-0.39, 0.29) is 22.5 Å². The van der Waals surface area contributed by atoms with E-state index in [1.165, 1.54) is 11.1 Å². The Balaban J connectivity index is 0. The summed E-state index contributed by atoms with van der Waals surface area (Å²) in [6.07, 6.45) is 8.71. The number of benzene rings is 2. The van der Waals surface area contributed by atoms with Gasteiger partial charge in [-0.25, -0.2) is 9.98 Å². The third-order valence-electron chi connectivity index (χ3n) is 3.71. The molecule has 2 unspecified atom stereocenters. The number of nitrogens with zero attached hydrogens (tertiary/aromatic N) is 4. The van der Waals surface area contributed by atoms with E-state index in [0.29, 0.717) is 23.6 Å². The van der Waals surface area contributed by atoms with Crippen LogP contribution in [0.4, 0.5) is 0 Å². The van der Waals surface area contributed by atoms with Crippen LogP contribution in [0, 0.1) is 13.8 Å². The summed E-state index contributed by atoms with van der Waals surface area (Å²) in [7, 11) is 0. The smallest absolute Gasteiger partial charge is 0.129 e. The normalized spacial score (nSPS) is 16.3. The van der Waals surface area contributed by atoms with E-state index in [1.54, 1.807) is 55.1 Å². The minimum absolute atomic E-state index is 0. The molecule has 0 spiro atoms. The predicted molar refractivity (Wildman–Crippen MR) is 134 cm³/mol. The van der Waals surface area contributed by atoms with Gasteiger partial charge in [0.15, 0.2) is 0 Å². The second-order valence-corrected chi connectivity index (χ2v) is 7.47. The van der Waals surface area contributed by atoms with Gasteiger partial charge in [0, 0.05) is 34.4 Å². The second kappa shape index (κ2) is 18.2. The van der Waals surface area contributed by atoms with Crippen molar-refractivity contribution in [2.45, 2.75) is 44.7 Å². The van der Waals surface area contributed by atoms with Crippen LogP contribution in [0.1, 0.15) is 25.0 Å². The van der Waals surface area contributed by atoms with Crippen molar-refractivity contribution in [2.75, 3.05) is 6.26 Å². The maximum Gasteiger partial charge on any atom is 0.129 e. The second-order valence-electron chi connectivity index (χ2n) is 6.62. The van der Waals surface area contributed by atoms with Gasteiger partial charge in [-0.2, -0.15) is 0 Å². The Morgan fingerprint density at radius 2 is 1.25 bits per heavy atom. The molecule has 0 saturated carbocycles. The monoisotopic (exact) mass is 507 g/mol. The van der Waals surface area contributed by atoms with Crippen LogP contribution < -0.4 is 0 Å².